The van der Waals surface area contributed by atoms with Gasteiger partial charge in [0, 0.05) is 17.8 Å². The van der Waals surface area contributed by atoms with E-state index in [4.69, 9.17) is 4.74 Å². The van der Waals surface area contributed by atoms with E-state index >= 15 is 0 Å². The Morgan fingerprint density at radius 3 is 2.86 bits per heavy atom. The van der Waals surface area contributed by atoms with Crippen LogP contribution in [0.1, 0.15) is 19.3 Å². The van der Waals surface area contributed by atoms with Gasteiger partial charge >= 0.3 is 0 Å². The number of ether oxygens (including phenoxy) is 1. The van der Waals surface area contributed by atoms with Gasteiger partial charge in [-0.25, -0.2) is 19.0 Å². The highest BCUT2D eigenvalue weighted by Gasteiger charge is 2.26. The number of aromatic nitrogens is 4. The molecule has 0 saturated heterocycles. The van der Waals surface area contributed by atoms with Crippen molar-refractivity contribution in [3.8, 4) is 22.7 Å². The largest absolute Gasteiger partial charge is 0.489 e. The number of halogens is 1. The van der Waals surface area contributed by atoms with Crippen molar-refractivity contribution in [2.45, 2.75) is 25.3 Å². The first-order valence-corrected chi connectivity index (χ1v) is 9.51. The van der Waals surface area contributed by atoms with Gasteiger partial charge in [-0.2, -0.15) is 5.10 Å². The van der Waals surface area contributed by atoms with Crippen molar-refractivity contribution in [3.63, 3.8) is 0 Å². The van der Waals surface area contributed by atoms with Gasteiger partial charge in [0.2, 0.25) is 0 Å². The van der Waals surface area contributed by atoms with E-state index in [1.165, 1.54) is 23.5 Å². The molecule has 0 spiro atoms. The standard InChI is InChI=1S/C21H24FN5O/c1-26(2)17-8-7-15(9-17)13-28-20-11-23-14-24-21(20)16-10-25-27(12-16)19-6-4-3-5-18(19)22/h3-6,10-12,14-15,17H,7-9,13H2,1-2H3. The first kappa shape index (κ1) is 18.6. The Kier molecular flexibility index (Phi) is 5.34. The van der Waals surface area contributed by atoms with Crippen molar-refractivity contribution in [1.82, 2.24) is 24.6 Å². The van der Waals surface area contributed by atoms with E-state index in [0.717, 1.165) is 18.4 Å². The summed E-state index contributed by atoms with van der Waals surface area (Å²) in [5.74, 6) is 0.832. The number of rotatable bonds is 6. The van der Waals surface area contributed by atoms with E-state index in [2.05, 4.69) is 34.1 Å². The van der Waals surface area contributed by atoms with Gasteiger partial charge in [-0.05, 0) is 51.4 Å². The molecular formula is C21H24FN5O. The summed E-state index contributed by atoms with van der Waals surface area (Å²) in [5.41, 5.74) is 1.82. The normalized spacial score (nSPS) is 19.3. The average Bonchev–Trinajstić information content (AvgIpc) is 3.37. The fourth-order valence-corrected chi connectivity index (χ4v) is 3.73. The number of nitrogens with zero attached hydrogens (tertiary/aromatic N) is 5. The molecule has 0 bridgehead atoms. The van der Waals surface area contributed by atoms with Crippen LogP contribution in [0.25, 0.3) is 16.9 Å². The third-order valence-electron chi connectivity index (χ3n) is 5.35. The summed E-state index contributed by atoms with van der Waals surface area (Å²) in [6, 6.07) is 7.16. The molecule has 2 aromatic heterocycles. The highest BCUT2D eigenvalue weighted by Crippen LogP contribution is 2.31. The molecule has 0 radical (unpaired) electrons. The highest BCUT2D eigenvalue weighted by atomic mass is 19.1. The van der Waals surface area contributed by atoms with Crippen molar-refractivity contribution in [2.24, 2.45) is 5.92 Å². The monoisotopic (exact) mass is 381 g/mol. The van der Waals surface area contributed by atoms with E-state index in [9.17, 15) is 4.39 Å². The molecule has 2 heterocycles. The molecule has 1 aliphatic carbocycles. The van der Waals surface area contributed by atoms with Crippen LogP contribution in [0.3, 0.4) is 0 Å². The van der Waals surface area contributed by atoms with Crippen LogP contribution in [-0.2, 0) is 0 Å². The summed E-state index contributed by atoms with van der Waals surface area (Å²) in [6.07, 6.45) is 10.1. The second-order valence-electron chi connectivity index (χ2n) is 7.47. The predicted molar refractivity (Wildman–Crippen MR) is 105 cm³/mol. The molecule has 1 aromatic carbocycles. The molecule has 1 aliphatic rings. The number of benzene rings is 1. The molecule has 0 aliphatic heterocycles. The smallest absolute Gasteiger partial charge is 0.163 e. The fraction of sp³-hybridized carbons (Fsp3) is 0.381. The fourth-order valence-electron chi connectivity index (χ4n) is 3.73. The SMILES string of the molecule is CN(C)C1CCC(COc2cncnc2-c2cnn(-c3ccccc3F)c2)C1. The second-order valence-corrected chi connectivity index (χ2v) is 7.47. The minimum absolute atomic E-state index is 0.326. The second kappa shape index (κ2) is 8.06. The molecule has 1 fully saturated rings. The van der Waals surface area contributed by atoms with Crippen LogP contribution in [0, 0.1) is 11.7 Å². The molecular weight excluding hydrogens is 357 g/mol. The maximum absolute atomic E-state index is 14.0. The van der Waals surface area contributed by atoms with Crippen molar-refractivity contribution >= 4 is 0 Å². The lowest BCUT2D eigenvalue weighted by molar-refractivity contribution is 0.234. The zero-order valence-electron chi connectivity index (χ0n) is 16.1. The van der Waals surface area contributed by atoms with Crippen LogP contribution in [0.15, 0.2) is 49.2 Å². The Hall–Kier alpha value is -2.80. The highest BCUT2D eigenvalue weighted by molar-refractivity contribution is 5.64. The zero-order valence-corrected chi connectivity index (χ0v) is 16.1. The van der Waals surface area contributed by atoms with Gasteiger partial charge in [0.15, 0.2) is 5.75 Å². The van der Waals surface area contributed by atoms with Gasteiger partial charge < -0.3 is 9.64 Å². The average molecular weight is 381 g/mol. The molecule has 28 heavy (non-hydrogen) atoms. The van der Waals surface area contributed by atoms with Gasteiger partial charge in [0.1, 0.15) is 23.5 Å². The molecule has 4 rings (SSSR count). The third kappa shape index (κ3) is 3.89. The van der Waals surface area contributed by atoms with Gasteiger partial charge in [0.25, 0.3) is 0 Å². The first-order valence-electron chi connectivity index (χ1n) is 9.51. The Bertz CT molecular complexity index is 942. The summed E-state index contributed by atoms with van der Waals surface area (Å²) in [4.78, 5) is 10.8. The molecule has 0 N–H and O–H groups in total. The third-order valence-corrected chi connectivity index (χ3v) is 5.35. The zero-order chi connectivity index (χ0) is 19.5. The van der Waals surface area contributed by atoms with Crippen LogP contribution in [0.2, 0.25) is 0 Å². The lowest BCUT2D eigenvalue weighted by Gasteiger charge is -2.19. The number of hydrogen-bond acceptors (Lipinski definition) is 5. The molecule has 1 saturated carbocycles. The van der Waals surface area contributed by atoms with E-state index in [0.29, 0.717) is 35.7 Å². The quantitative estimate of drug-likeness (QED) is 0.653. The van der Waals surface area contributed by atoms with Crippen molar-refractivity contribution in [3.05, 3.63) is 55.0 Å². The molecule has 7 heteroatoms. The lowest BCUT2D eigenvalue weighted by Crippen LogP contribution is -2.25. The van der Waals surface area contributed by atoms with Crippen LogP contribution < -0.4 is 4.74 Å². The van der Waals surface area contributed by atoms with E-state index in [1.807, 2.05) is 0 Å². The van der Waals surface area contributed by atoms with Crippen LogP contribution in [0.5, 0.6) is 5.75 Å². The van der Waals surface area contributed by atoms with Gasteiger partial charge in [-0.3, -0.25) is 0 Å². The first-order chi connectivity index (χ1) is 13.6. The van der Waals surface area contributed by atoms with Gasteiger partial charge in [0.05, 0.1) is 19.0 Å². The Labute approximate surface area is 164 Å². The summed E-state index contributed by atoms with van der Waals surface area (Å²) in [7, 11) is 4.26. The minimum atomic E-state index is -0.326. The van der Waals surface area contributed by atoms with Crippen LogP contribution in [-0.4, -0.2) is 51.4 Å². The Balaban J connectivity index is 1.50. The van der Waals surface area contributed by atoms with Crippen molar-refractivity contribution < 1.29 is 9.13 Å². The molecule has 3 aromatic rings. The van der Waals surface area contributed by atoms with E-state index in [1.54, 1.807) is 36.8 Å². The summed E-state index contributed by atoms with van der Waals surface area (Å²) in [6.45, 7) is 0.645. The molecule has 6 nitrogen and oxygen atoms in total. The minimum Gasteiger partial charge on any atom is -0.489 e. The summed E-state index contributed by atoms with van der Waals surface area (Å²) < 4.78 is 21.6. The van der Waals surface area contributed by atoms with Crippen LogP contribution in [0.4, 0.5) is 4.39 Å². The summed E-state index contributed by atoms with van der Waals surface area (Å²) >= 11 is 0. The molecule has 2 atom stereocenters. The predicted octanol–water partition coefficient (Wildman–Crippen LogP) is 3.58. The number of hydrogen-bond donors (Lipinski definition) is 0. The van der Waals surface area contributed by atoms with E-state index < -0.39 is 0 Å². The summed E-state index contributed by atoms with van der Waals surface area (Å²) in [5, 5.41) is 4.29. The van der Waals surface area contributed by atoms with Crippen LogP contribution >= 0.6 is 0 Å². The van der Waals surface area contributed by atoms with Gasteiger partial charge in [-0.1, -0.05) is 12.1 Å². The maximum Gasteiger partial charge on any atom is 0.163 e. The molecule has 146 valence electrons. The lowest BCUT2D eigenvalue weighted by atomic mass is 10.1. The Morgan fingerprint density at radius 1 is 1.21 bits per heavy atom. The molecule has 2 unspecified atom stereocenters. The number of para-hydroxylation sites is 1. The topological polar surface area (TPSA) is 56.1 Å². The van der Waals surface area contributed by atoms with Crippen molar-refractivity contribution in [2.75, 3.05) is 20.7 Å². The maximum atomic E-state index is 14.0. The van der Waals surface area contributed by atoms with Crippen molar-refractivity contribution in [1.29, 1.82) is 0 Å². The Morgan fingerprint density at radius 2 is 2.07 bits per heavy atom. The van der Waals surface area contributed by atoms with Gasteiger partial charge in [-0.15, -0.1) is 0 Å². The van der Waals surface area contributed by atoms with E-state index in [-0.39, 0.29) is 5.82 Å². The molecule has 0 amide bonds.